The van der Waals surface area contributed by atoms with Crippen molar-refractivity contribution in [3.05, 3.63) is 58.1 Å². The van der Waals surface area contributed by atoms with E-state index in [0.29, 0.717) is 10.7 Å². The molecular formula is C18H18Cl2N2O5S. The number of hydrogen-bond donors (Lipinski definition) is 1. The Labute approximate surface area is 173 Å². The topological polar surface area (TPSA) is 92.8 Å². The van der Waals surface area contributed by atoms with Gasteiger partial charge in [0.25, 0.3) is 0 Å². The standard InChI is InChI=1S/C18H18Cl2N2O5S/c1-3-27-18(24)12-5-4-6-14(9-12)21-17(23)11-22(28(2,25)26)16-8-7-13(19)10-15(16)20/h4-10H,3,11H2,1-2H3,(H,21,23). The zero-order valence-corrected chi connectivity index (χ0v) is 17.4. The monoisotopic (exact) mass is 444 g/mol. The first-order valence-corrected chi connectivity index (χ1v) is 10.7. The lowest BCUT2D eigenvalue weighted by Crippen LogP contribution is -2.37. The van der Waals surface area contributed by atoms with Crippen molar-refractivity contribution >= 4 is 56.5 Å². The van der Waals surface area contributed by atoms with Crippen LogP contribution in [0.4, 0.5) is 11.4 Å². The Morgan fingerprint density at radius 2 is 1.86 bits per heavy atom. The fourth-order valence-corrected chi connectivity index (χ4v) is 3.76. The van der Waals surface area contributed by atoms with Crippen LogP contribution in [0.2, 0.25) is 10.0 Å². The minimum Gasteiger partial charge on any atom is -0.462 e. The molecule has 2 aromatic carbocycles. The second kappa shape index (κ2) is 9.27. The third kappa shape index (κ3) is 5.85. The third-order valence-corrected chi connectivity index (χ3v) is 5.19. The van der Waals surface area contributed by atoms with Gasteiger partial charge in [-0.25, -0.2) is 13.2 Å². The molecule has 28 heavy (non-hydrogen) atoms. The highest BCUT2D eigenvalue weighted by molar-refractivity contribution is 7.92. The molecule has 0 aliphatic rings. The van der Waals surface area contributed by atoms with Gasteiger partial charge in [0.15, 0.2) is 0 Å². The van der Waals surface area contributed by atoms with E-state index in [1.54, 1.807) is 25.1 Å². The number of rotatable bonds is 7. The quantitative estimate of drug-likeness (QED) is 0.658. The Morgan fingerprint density at radius 3 is 2.46 bits per heavy atom. The zero-order chi connectivity index (χ0) is 20.9. The van der Waals surface area contributed by atoms with Gasteiger partial charge in [-0.1, -0.05) is 29.3 Å². The van der Waals surface area contributed by atoms with E-state index in [-0.39, 0.29) is 22.9 Å². The van der Waals surface area contributed by atoms with E-state index in [1.165, 1.54) is 24.3 Å². The van der Waals surface area contributed by atoms with Crippen molar-refractivity contribution in [3.63, 3.8) is 0 Å². The minimum absolute atomic E-state index is 0.0926. The molecule has 0 aliphatic heterocycles. The minimum atomic E-state index is -3.80. The second-order valence-corrected chi connectivity index (χ2v) is 8.47. The van der Waals surface area contributed by atoms with E-state index in [9.17, 15) is 18.0 Å². The van der Waals surface area contributed by atoms with Gasteiger partial charge >= 0.3 is 5.97 Å². The van der Waals surface area contributed by atoms with Gasteiger partial charge in [0, 0.05) is 10.7 Å². The predicted molar refractivity (Wildman–Crippen MR) is 110 cm³/mol. The van der Waals surface area contributed by atoms with Crippen molar-refractivity contribution < 1.29 is 22.7 Å². The number of carbonyl (C=O) groups is 2. The highest BCUT2D eigenvalue weighted by Gasteiger charge is 2.23. The lowest BCUT2D eigenvalue weighted by Gasteiger charge is -2.23. The molecule has 10 heteroatoms. The van der Waals surface area contributed by atoms with Crippen LogP contribution < -0.4 is 9.62 Å². The molecule has 150 valence electrons. The number of sulfonamides is 1. The molecule has 2 aromatic rings. The van der Waals surface area contributed by atoms with E-state index >= 15 is 0 Å². The summed E-state index contributed by atoms with van der Waals surface area (Å²) < 4.78 is 30.1. The summed E-state index contributed by atoms with van der Waals surface area (Å²) in [5.74, 6) is -1.14. The van der Waals surface area contributed by atoms with Gasteiger partial charge in [-0.05, 0) is 43.3 Å². The lowest BCUT2D eigenvalue weighted by atomic mass is 10.2. The van der Waals surface area contributed by atoms with Crippen LogP contribution in [0.25, 0.3) is 0 Å². The fraction of sp³-hybridized carbons (Fsp3) is 0.222. The number of anilines is 2. The predicted octanol–water partition coefficient (Wildman–Crippen LogP) is 3.57. The molecule has 0 aromatic heterocycles. The van der Waals surface area contributed by atoms with E-state index < -0.39 is 28.4 Å². The molecule has 0 fully saturated rings. The molecule has 0 heterocycles. The van der Waals surface area contributed by atoms with Crippen molar-refractivity contribution in [2.24, 2.45) is 0 Å². The van der Waals surface area contributed by atoms with Gasteiger partial charge in [0.2, 0.25) is 15.9 Å². The summed E-state index contributed by atoms with van der Waals surface area (Å²) in [5.41, 5.74) is 0.718. The molecule has 1 N–H and O–H groups in total. The molecule has 0 unspecified atom stereocenters. The number of nitrogens with zero attached hydrogens (tertiary/aromatic N) is 1. The molecule has 2 rings (SSSR count). The van der Waals surface area contributed by atoms with Crippen LogP contribution in [0.3, 0.4) is 0 Å². The van der Waals surface area contributed by atoms with E-state index in [0.717, 1.165) is 10.6 Å². The largest absolute Gasteiger partial charge is 0.462 e. The molecule has 0 saturated heterocycles. The highest BCUT2D eigenvalue weighted by Crippen LogP contribution is 2.30. The zero-order valence-electron chi connectivity index (χ0n) is 15.1. The molecule has 1 amide bonds. The molecule has 0 saturated carbocycles. The summed E-state index contributed by atoms with van der Waals surface area (Å²) in [7, 11) is -3.80. The van der Waals surface area contributed by atoms with Crippen molar-refractivity contribution in [1.29, 1.82) is 0 Å². The Hall–Kier alpha value is -2.29. The first kappa shape index (κ1) is 22.0. The number of benzene rings is 2. The summed E-state index contributed by atoms with van der Waals surface area (Å²) in [6, 6.07) is 10.4. The smallest absolute Gasteiger partial charge is 0.338 e. The molecule has 0 atom stereocenters. The average molecular weight is 445 g/mol. The molecule has 0 spiro atoms. The number of esters is 1. The van der Waals surface area contributed by atoms with E-state index in [1.807, 2.05) is 0 Å². The molecule has 7 nitrogen and oxygen atoms in total. The van der Waals surface area contributed by atoms with Crippen molar-refractivity contribution in [1.82, 2.24) is 0 Å². The normalized spacial score (nSPS) is 11.0. The first-order valence-electron chi connectivity index (χ1n) is 8.11. The van der Waals surface area contributed by atoms with Gasteiger partial charge in [-0.3, -0.25) is 9.10 Å². The molecule has 0 radical (unpaired) electrons. The van der Waals surface area contributed by atoms with Crippen LogP contribution in [0.5, 0.6) is 0 Å². The summed E-state index contributed by atoms with van der Waals surface area (Å²) in [6.45, 7) is 1.40. The van der Waals surface area contributed by atoms with E-state index in [2.05, 4.69) is 5.32 Å². The van der Waals surface area contributed by atoms with Crippen LogP contribution in [-0.4, -0.2) is 39.7 Å². The van der Waals surface area contributed by atoms with Crippen molar-refractivity contribution in [2.75, 3.05) is 29.0 Å². The molecule has 0 aliphatic carbocycles. The van der Waals surface area contributed by atoms with Gasteiger partial charge in [0.1, 0.15) is 6.54 Å². The maximum Gasteiger partial charge on any atom is 0.338 e. The van der Waals surface area contributed by atoms with Gasteiger partial charge < -0.3 is 10.1 Å². The van der Waals surface area contributed by atoms with Crippen LogP contribution in [-0.2, 0) is 19.6 Å². The maximum absolute atomic E-state index is 12.4. The number of hydrogen-bond acceptors (Lipinski definition) is 5. The van der Waals surface area contributed by atoms with Crippen LogP contribution in [0.15, 0.2) is 42.5 Å². The van der Waals surface area contributed by atoms with Crippen molar-refractivity contribution in [3.8, 4) is 0 Å². The third-order valence-electron chi connectivity index (χ3n) is 3.52. The molecular weight excluding hydrogens is 427 g/mol. The summed E-state index contributed by atoms with van der Waals surface area (Å²) in [4.78, 5) is 24.2. The number of carbonyl (C=O) groups excluding carboxylic acids is 2. The SMILES string of the molecule is CCOC(=O)c1cccc(NC(=O)CN(c2ccc(Cl)cc2Cl)S(C)(=O)=O)c1. The van der Waals surface area contributed by atoms with Gasteiger partial charge in [-0.15, -0.1) is 0 Å². The van der Waals surface area contributed by atoms with Crippen molar-refractivity contribution in [2.45, 2.75) is 6.92 Å². The van der Waals surface area contributed by atoms with Crippen LogP contribution in [0.1, 0.15) is 17.3 Å². The number of nitrogens with one attached hydrogen (secondary N) is 1. The first-order chi connectivity index (χ1) is 13.1. The van der Waals surface area contributed by atoms with E-state index in [4.69, 9.17) is 27.9 Å². The Kier molecular flexibility index (Phi) is 7.29. The van der Waals surface area contributed by atoms with Crippen LogP contribution >= 0.6 is 23.2 Å². The summed E-state index contributed by atoms with van der Waals surface area (Å²) in [5, 5.41) is 2.99. The Balaban J connectivity index is 2.21. The number of halogens is 2. The number of amides is 1. The van der Waals surface area contributed by atoms with Gasteiger partial charge in [-0.2, -0.15) is 0 Å². The fourth-order valence-electron chi connectivity index (χ4n) is 2.33. The average Bonchev–Trinajstić information content (AvgIpc) is 2.60. The molecule has 0 bridgehead atoms. The highest BCUT2D eigenvalue weighted by atomic mass is 35.5. The van der Waals surface area contributed by atoms with Crippen LogP contribution in [0, 0.1) is 0 Å². The number of ether oxygens (including phenoxy) is 1. The maximum atomic E-state index is 12.4. The lowest BCUT2D eigenvalue weighted by molar-refractivity contribution is -0.114. The Morgan fingerprint density at radius 1 is 1.14 bits per heavy atom. The summed E-state index contributed by atoms with van der Waals surface area (Å²) in [6.07, 6.45) is 0.965. The second-order valence-electron chi connectivity index (χ2n) is 5.71. The summed E-state index contributed by atoms with van der Waals surface area (Å²) >= 11 is 11.9. The van der Waals surface area contributed by atoms with Gasteiger partial charge in [0.05, 0.1) is 29.1 Å². The Bertz CT molecular complexity index is 995.